The summed E-state index contributed by atoms with van der Waals surface area (Å²) in [6.07, 6.45) is 7.19. The molecule has 7 heteroatoms. The molecule has 4 aromatic carbocycles. The summed E-state index contributed by atoms with van der Waals surface area (Å²) in [4.78, 5) is 12.6. The molecule has 1 aliphatic heterocycles. The molecule has 0 radical (unpaired) electrons. The van der Waals surface area contributed by atoms with E-state index in [0.29, 0.717) is 44.0 Å². The number of rotatable bonds is 17. The number of benzene rings is 4. The van der Waals surface area contributed by atoms with Crippen molar-refractivity contribution in [2.24, 2.45) is 0 Å². The summed E-state index contributed by atoms with van der Waals surface area (Å²) in [5, 5.41) is 0. The Morgan fingerprint density at radius 3 is 2.17 bits per heavy atom. The van der Waals surface area contributed by atoms with E-state index >= 15 is 0 Å². The first kappa shape index (κ1) is 35.0. The van der Waals surface area contributed by atoms with Crippen LogP contribution in [0.4, 0.5) is 0 Å². The third kappa shape index (κ3) is 10.6. The minimum Gasteiger partial charge on any atom is -0.496 e. The van der Waals surface area contributed by atoms with Gasteiger partial charge in [0.25, 0.3) is 0 Å². The molecule has 252 valence electrons. The Balaban J connectivity index is 1.27. The van der Waals surface area contributed by atoms with Gasteiger partial charge in [-0.1, -0.05) is 115 Å². The van der Waals surface area contributed by atoms with Gasteiger partial charge in [0.1, 0.15) is 11.3 Å². The lowest BCUT2D eigenvalue weighted by Gasteiger charge is -2.37. The summed E-state index contributed by atoms with van der Waals surface area (Å²) in [5.41, 5.74) is 4.41. The Labute approximate surface area is 284 Å². The molecule has 0 saturated carbocycles. The first-order valence-corrected chi connectivity index (χ1v) is 16.7. The Kier molecular flexibility index (Phi) is 13.8. The smallest absolute Gasteiger partial charge is 0.342 e. The summed E-state index contributed by atoms with van der Waals surface area (Å²) in [6.45, 7) is 1.76. The molecule has 0 amide bonds. The van der Waals surface area contributed by atoms with E-state index in [1.807, 2.05) is 91.0 Å². The number of carbonyl (C=O) groups excluding carboxylic acids is 1. The molecule has 48 heavy (non-hydrogen) atoms. The lowest BCUT2D eigenvalue weighted by atomic mass is 9.98. The zero-order chi connectivity index (χ0) is 33.4. The summed E-state index contributed by atoms with van der Waals surface area (Å²) >= 11 is 0. The highest BCUT2D eigenvalue weighted by atomic mass is 16.7. The first-order valence-electron chi connectivity index (χ1n) is 16.7. The number of hydrogen-bond acceptors (Lipinski definition) is 7. The Morgan fingerprint density at radius 1 is 0.812 bits per heavy atom. The highest BCUT2D eigenvalue weighted by Crippen LogP contribution is 2.34. The van der Waals surface area contributed by atoms with Gasteiger partial charge in [0, 0.05) is 25.0 Å². The van der Waals surface area contributed by atoms with Crippen molar-refractivity contribution in [2.75, 3.05) is 20.8 Å². The first-order chi connectivity index (χ1) is 23.6. The zero-order valence-electron chi connectivity index (χ0n) is 27.9. The molecular formula is C41H46O7. The van der Waals surface area contributed by atoms with Crippen molar-refractivity contribution in [3.8, 4) is 5.75 Å². The average molecular weight is 651 g/mol. The van der Waals surface area contributed by atoms with Gasteiger partial charge >= 0.3 is 5.97 Å². The quantitative estimate of drug-likeness (QED) is 0.0836. The number of methoxy groups -OCH3 is 2. The van der Waals surface area contributed by atoms with Gasteiger partial charge in [0.05, 0.1) is 45.7 Å². The maximum Gasteiger partial charge on any atom is 0.342 e. The predicted molar refractivity (Wildman–Crippen MR) is 186 cm³/mol. The third-order valence-electron chi connectivity index (χ3n) is 8.37. The highest BCUT2D eigenvalue weighted by Gasteiger charge is 2.32. The Morgan fingerprint density at radius 2 is 1.48 bits per heavy atom. The maximum atomic E-state index is 12.6. The SMILES string of the molecule is COC(=O)c1c(/C=C/C[C@H](C[C@@H]2C[C@H](CCCOCc3ccccc3)O[C@H](c3ccccc3)O2)OCc2ccccc2)cccc1OC. The van der Waals surface area contributed by atoms with Crippen LogP contribution in [0.2, 0.25) is 0 Å². The van der Waals surface area contributed by atoms with E-state index in [2.05, 4.69) is 24.3 Å². The van der Waals surface area contributed by atoms with Gasteiger partial charge in [0.2, 0.25) is 0 Å². The van der Waals surface area contributed by atoms with E-state index in [0.717, 1.165) is 36.0 Å². The van der Waals surface area contributed by atoms with Crippen molar-refractivity contribution in [1.82, 2.24) is 0 Å². The molecule has 0 spiro atoms. The maximum absolute atomic E-state index is 12.6. The van der Waals surface area contributed by atoms with Crippen LogP contribution in [0.3, 0.4) is 0 Å². The number of carbonyl (C=O) groups is 1. The van der Waals surface area contributed by atoms with Crippen LogP contribution in [0.25, 0.3) is 6.08 Å². The van der Waals surface area contributed by atoms with Crippen LogP contribution in [0.15, 0.2) is 115 Å². The van der Waals surface area contributed by atoms with Crippen LogP contribution in [0, 0.1) is 0 Å². The van der Waals surface area contributed by atoms with Crippen molar-refractivity contribution in [2.45, 2.75) is 69.9 Å². The van der Waals surface area contributed by atoms with E-state index in [9.17, 15) is 4.79 Å². The molecule has 1 aliphatic rings. The van der Waals surface area contributed by atoms with E-state index < -0.39 is 12.3 Å². The number of esters is 1. The average Bonchev–Trinajstić information content (AvgIpc) is 3.14. The summed E-state index contributed by atoms with van der Waals surface area (Å²) in [5.74, 6) is 0.0305. The predicted octanol–water partition coefficient (Wildman–Crippen LogP) is 8.73. The second-order valence-electron chi connectivity index (χ2n) is 11.9. The minimum absolute atomic E-state index is 0.0268. The van der Waals surface area contributed by atoms with Crippen LogP contribution < -0.4 is 4.74 Å². The highest BCUT2D eigenvalue weighted by molar-refractivity contribution is 5.96. The van der Waals surface area contributed by atoms with Crippen molar-refractivity contribution in [1.29, 1.82) is 0 Å². The van der Waals surface area contributed by atoms with Crippen LogP contribution >= 0.6 is 0 Å². The monoisotopic (exact) mass is 650 g/mol. The molecule has 0 N–H and O–H groups in total. The zero-order valence-corrected chi connectivity index (χ0v) is 27.9. The summed E-state index contributed by atoms with van der Waals surface area (Å²) in [6, 6.07) is 36.0. The van der Waals surface area contributed by atoms with Gasteiger partial charge in [-0.2, -0.15) is 0 Å². The molecule has 0 aromatic heterocycles. The molecule has 0 unspecified atom stereocenters. The molecule has 1 saturated heterocycles. The summed E-state index contributed by atoms with van der Waals surface area (Å²) < 4.78 is 36.1. The second-order valence-corrected chi connectivity index (χ2v) is 11.9. The van der Waals surface area contributed by atoms with E-state index in [1.54, 1.807) is 13.2 Å². The van der Waals surface area contributed by atoms with Crippen molar-refractivity contribution in [3.63, 3.8) is 0 Å². The lowest BCUT2D eigenvalue weighted by molar-refractivity contribution is -0.254. The molecular weight excluding hydrogens is 604 g/mol. The molecule has 4 atom stereocenters. The van der Waals surface area contributed by atoms with Gasteiger partial charge in [-0.15, -0.1) is 0 Å². The van der Waals surface area contributed by atoms with Gasteiger partial charge in [0.15, 0.2) is 6.29 Å². The third-order valence-corrected chi connectivity index (χ3v) is 8.37. The summed E-state index contributed by atoms with van der Waals surface area (Å²) in [7, 11) is 2.92. The molecule has 4 aromatic rings. The van der Waals surface area contributed by atoms with Crippen LogP contribution in [-0.4, -0.2) is 45.1 Å². The number of hydrogen-bond donors (Lipinski definition) is 0. The van der Waals surface area contributed by atoms with Gasteiger partial charge in [-0.25, -0.2) is 4.79 Å². The molecule has 0 aliphatic carbocycles. The fourth-order valence-corrected chi connectivity index (χ4v) is 5.91. The van der Waals surface area contributed by atoms with Crippen LogP contribution in [0.1, 0.15) is 71.0 Å². The van der Waals surface area contributed by atoms with Crippen LogP contribution in [-0.2, 0) is 36.9 Å². The minimum atomic E-state index is -0.454. The fraction of sp³-hybridized carbons (Fsp3) is 0.341. The van der Waals surface area contributed by atoms with E-state index in [1.165, 1.54) is 12.7 Å². The topological polar surface area (TPSA) is 72.5 Å². The molecule has 1 heterocycles. The van der Waals surface area contributed by atoms with Gasteiger partial charge < -0.3 is 28.4 Å². The fourth-order valence-electron chi connectivity index (χ4n) is 5.91. The van der Waals surface area contributed by atoms with Crippen molar-refractivity contribution in [3.05, 3.63) is 143 Å². The molecule has 0 bridgehead atoms. The molecule has 1 fully saturated rings. The van der Waals surface area contributed by atoms with Gasteiger partial charge in [-0.3, -0.25) is 0 Å². The van der Waals surface area contributed by atoms with E-state index in [-0.39, 0.29) is 18.3 Å². The Hall–Kier alpha value is -4.27. The van der Waals surface area contributed by atoms with Crippen LogP contribution in [0.5, 0.6) is 5.75 Å². The standard InChI is InChI=1S/C41H46O7/c1-43-38-25-13-22-33(39(38)40(42)44-2)21-12-23-35(46-30-32-17-8-4-9-18-32)27-37-28-36(47-41(48-37)34-19-10-5-11-20-34)24-14-26-45-29-31-15-6-3-7-16-31/h3-13,15-22,25,35-37,41H,14,23-24,26-30H2,1-2H3/b21-12+/t35-,36+,37-,41+/m1/s1. The second kappa shape index (κ2) is 18.9. The molecule has 5 rings (SSSR count). The van der Waals surface area contributed by atoms with Crippen molar-refractivity contribution < 1.29 is 33.2 Å². The van der Waals surface area contributed by atoms with Crippen molar-refractivity contribution >= 4 is 12.0 Å². The lowest BCUT2D eigenvalue weighted by Crippen LogP contribution is -2.36. The Bertz CT molecular complexity index is 1540. The van der Waals surface area contributed by atoms with Gasteiger partial charge in [-0.05, 0) is 42.0 Å². The van der Waals surface area contributed by atoms with E-state index in [4.69, 9.17) is 28.4 Å². The molecule has 7 nitrogen and oxygen atoms in total. The normalized spacial score (nSPS) is 18.4. The number of ether oxygens (including phenoxy) is 6. The largest absolute Gasteiger partial charge is 0.496 e.